The average molecular weight is 337 g/mol. The summed E-state index contributed by atoms with van der Waals surface area (Å²) in [6.45, 7) is 0. The van der Waals surface area contributed by atoms with E-state index in [1.165, 1.54) is 0 Å². The summed E-state index contributed by atoms with van der Waals surface area (Å²) >= 11 is 0. The predicted molar refractivity (Wildman–Crippen MR) is 95.1 cm³/mol. The lowest BCUT2D eigenvalue weighted by Gasteiger charge is -2.42. The second-order valence-electron chi connectivity index (χ2n) is 6.94. The van der Waals surface area contributed by atoms with Gasteiger partial charge < -0.3 is 10.2 Å². The lowest BCUT2D eigenvalue weighted by Crippen LogP contribution is -2.50. The average Bonchev–Trinajstić information content (AvgIpc) is 2.95. The molecule has 2 aliphatic heterocycles. The number of piperidine rings is 1. The van der Waals surface area contributed by atoms with Crippen LogP contribution < -0.4 is 0 Å². The third-order valence-electron chi connectivity index (χ3n) is 5.44. The number of hydrogen-bond acceptors (Lipinski definition) is 4. The van der Waals surface area contributed by atoms with Crippen molar-refractivity contribution < 1.29 is 10.2 Å². The van der Waals surface area contributed by atoms with Crippen molar-refractivity contribution in [2.24, 2.45) is 16.3 Å². The molecule has 2 aliphatic rings. The van der Waals surface area contributed by atoms with E-state index in [4.69, 9.17) is 0 Å². The number of nitrogens with zero attached hydrogens (tertiary/aromatic N) is 3. The van der Waals surface area contributed by atoms with Crippen molar-refractivity contribution in [3.8, 4) is 0 Å². The first kappa shape index (κ1) is 16.2. The molecule has 2 bridgehead atoms. The van der Waals surface area contributed by atoms with Crippen LogP contribution in [0.2, 0.25) is 0 Å². The summed E-state index contributed by atoms with van der Waals surface area (Å²) in [7, 11) is 0. The molecule has 2 N–H and O–H groups in total. The Bertz CT molecular complexity index is 722. The van der Waals surface area contributed by atoms with Gasteiger partial charge in [-0.3, -0.25) is 5.01 Å². The molecule has 0 saturated carbocycles. The standard InChI is InChI=1S/C20H23N3O2/c24-18-13-16-11-12-17(19(18)20(25)14-7-3-1-4-8-14)23(16)22-21-15-9-5-2-6-10-15/h1-10,16-20,24-25H,11-13H2/t16-,17+,18?,19+,20-/m1/s1. The van der Waals surface area contributed by atoms with Gasteiger partial charge in [-0.05, 0) is 37.0 Å². The molecule has 0 amide bonds. The molecule has 0 spiro atoms. The molecule has 5 atom stereocenters. The molecule has 2 fully saturated rings. The van der Waals surface area contributed by atoms with Gasteiger partial charge in [0.2, 0.25) is 0 Å². The summed E-state index contributed by atoms with van der Waals surface area (Å²) in [6, 6.07) is 19.4. The summed E-state index contributed by atoms with van der Waals surface area (Å²) in [5.74, 6) is -0.254. The minimum atomic E-state index is -0.699. The number of rotatable bonds is 4. The fourth-order valence-corrected chi connectivity index (χ4v) is 4.22. The zero-order valence-electron chi connectivity index (χ0n) is 14.0. The van der Waals surface area contributed by atoms with E-state index < -0.39 is 12.2 Å². The van der Waals surface area contributed by atoms with Gasteiger partial charge in [-0.25, -0.2) is 0 Å². The lowest BCUT2D eigenvalue weighted by molar-refractivity contribution is -0.0764. The Labute approximate surface area is 147 Å². The molecule has 4 rings (SSSR count). The maximum absolute atomic E-state index is 10.9. The van der Waals surface area contributed by atoms with Crippen molar-refractivity contribution >= 4 is 5.69 Å². The van der Waals surface area contributed by atoms with Crippen LogP contribution in [0.15, 0.2) is 71.0 Å². The van der Waals surface area contributed by atoms with Gasteiger partial charge >= 0.3 is 0 Å². The maximum atomic E-state index is 10.9. The van der Waals surface area contributed by atoms with Gasteiger partial charge in [-0.15, -0.1) is 5.11 Å². The number of hydrogen-bond donors (Lipinski definition) is 2. The van der Waals surface area contributed by atoms with Crippen LogP contribution in [0.3, 0.4) is 0 Å². The SMILES string of the molecule is OC1C[C@H]2CC[C@@H]([C@@H]1[C@H](O)c1ccccc1)N2N=Nc1ccccc1. The van der Waals surface area contributed by atoms with Crippen molar-refractivity contribution in [2.75, 3.05) is 0 Å². The summed E-state index contributed by atoms with van der Waals surface area (Å²) < 4.78 is 0. The van der Waals surface area contributed by atoms with E-state index in [1.54, 1.807) is 0 Å². The number of benzene rings is 2. The van der Waals surface area contributed by atoms with Crippen molar-refractivity contribution in [1.82, 2.24) is 5.01 Å². The molecule has 0 aliphatic carbocycles. The highest BCUT2D eigenvalue weighted by Crippen LogP contribution is 2.44. The molecule has 2 aromatic carbocycles. The second-order valence-corrected chi connectivity index (χ2v) is 6.94. The van der Waals surface area contributed by atoms with Crippen molar-refractivity contribution in [1.29, 1.82) is 0 Å². The van der Waals surface area contributed by atoms with Crippen LogP contribution in [0.4, 0.5) is 5.69 Å². The first-order valence-corrected chi connectivity index (χ1v) is 8.90. The third-order valence-corrected chi connectivity index (χ3v) is 5.44. The van der Waals surface area contributed by atoms with E-state index in [2.05, 4.69) is 10.3 Å². The topological polar surface area (TPSA) is 68.4 Å². The van der Waals surface area contributed by atoms with Crippen LogP contribution in [0.5, 0.6) is 0 Å². The van der Waals surface area contributed by atoms with Crippen LogP contribution in [0.25, 0.3) is 0 Å². The molecule has 2 saturated heterocycles. The predicted octanol–water partition coefficient (Wildman–Crippen LogP) is 3.63. The molecular weight excluding hydrogens is 314 g/mol. The smallest absolute Gasteiger partial charge is 0.0874 e. The largest absolute Gasteiger partial charge is 0.393 e. The first-order chi connectivity index (χ1) is 12.2. The van der Waals surface area contributed by atoms with E-state index in [0.717, 1.165) is 24.1 Å². The number of aliphatic hydroxyl groups is 2. The minimum absolute atomic E-state index is 0.0106. The van der Waals surface area contributed by atoms with E-state index in [1.807, 2.05) is 65.7 Å². The zero-order valence-corrected chi connectivity index (χ0v) is 14.0. The van der Waals surface area contributed by atoms with Crippen molar-refractivity contribution in [2.45, 2.75) is 43.6 Å². The van der Waals surface area contributed by atoms with Crippen LogP contribution in [-0.4, -0.2) is 33.4 Å². The normalized spacial score (nSPS) is 29.9. The summed E-state index contributed by atoms with van der Waals surface area (Å²) in [4.78, 5) is 0. The Kier molecular flexibility index (Phi) is 4.51. The highest BCUT2D eigenvalue weighted by atomic mass is 16.3. The van der Waals surface area contributed by atoms with Gasteiger partial charge in [0.1, 0.15) is 0 Å². The number of fused-ring (bicyclic) bond motifs is 2. The quantitative estimate of drug-likeness (QED) is 0.837. The Morgan fingerprint density at radius 3 is 2.36 bits per heavy atom. The van der Waals surface area contributed by atoms with Crippen LogP contribution in [-0.2, 0) is 0 Å². The summed E-state index contributed by atoms with van der Waals surface area (Å²) in [5.41, 5.74) is 1.66. The maximum Gasteiger partial charge on any atom is 0.0874 e. The fourth-order valence-electron chi connectivity index (χ4n) is 4.22. The molecular formula is C20H23N3O2. The van der Waals surface area contributed by atoms with E-state index in [0.29, 0.717) is 6.42 Å². The Morgan fingerprint density at radius 1 is 0.960 bits per heavy atom. The zero-order chi connectivity index (χ0) is 17.2. The highest BCUT2D eigenvalue weighted by Gasteiger charge is 2.49. The molecule has 1 unspecified atom stereocenters. The summed E-state index contributed by atoms with van der Waals surface area (Å²) in [6.07, 6.45) is 1.31. The molecule has 2 aromatic rings. The van der Waals surface area contributed by atoms with E-state index in [-0.39, 0.29) is 18.0 Å². The van der Waals surface area contributed by atoms with Crippen LogP contribution >= 0.6 is 0 Å². The first-order valence-electron chi connectivity index (χ1n) is 8.90. The van der Waals surface area contributed by atoms with Gasteiger partial charge in [0.25, 0.3) is 0 Å². The Hall–Kier alpha value is -2.24. The molecule has 2 heterocycles. The molecule has 25 heavy (non-hydrogen) atoms. The number of aliphatic hydroxyl groups excluding tert-OH is 2. The summed E-state index contributed by atoms with van der Waals surface area (Å²) in [5, 5.41) is 32.3. The van der Waals surface area contributed by atoms with Gasteiger partial charge in [-0.1, -0.05) is 53.8 Å². The molecule has 130 valence electrons. The third kappa shape index (κ3) is 3.17. The molecule has 0 radical (unpaired) electrons. The van der Waals surface area contributed by atoms with Gasteiger partial charge in [0, 0.05) is 5.92 Å². The van der Waals surface area contributed by atoms with Crippen LogP contribution in [0, 0.1) is 5.92 Å². The molecule has 5 heteroatoms. The Morgan fingerprint density at radius 2 is 1.64 bits per heavy atom. The second kappa shape index (κ2) is 6.94. The molecule has 0 aromatic heterocycles. The highest BCUT2D eigenvalue weighted by molar-refractivity contribution is 5.34. The van der Waals surface area contributed by atoms with Crippen molar-refractivity contribution in [3.63, 3.8) is 0 Å². The van der Waals surface area contributed by atoms with Crippen molar-refractivity contribution in [3.05, 3.63) is 66.2 Å². The monoisotopic (exact) mass is 337 g/mol. The fraction of sp³-hybridized carbons (Fsp3) is 0.400. The van der Waals surface area contributed by atoms with E-state index in [9.17, 15) is 10.2 Å². The van der Waals surface area contributed by atoms with Gasteiger partial charge in [0.15, 0.2) is 0 Å². The lowest BCUT2D eigenvalue weighted by atomic mass is 9.81. The van der Waals surface area contributed by atoms with Crippen LogP contribution in [0.1, 0.15) is 30.9 Å². The van der Waals surface area contributed by atoms with E-state index >= 15 is 0 Å². The van der Waals surface area contributed by atoms with Gasteiger partial charge in [0.05, 0.1) is 30.0 Å². The van der Waals surface area contributed by atoms with Gasteiger partial charge in [-0.2, -0.15) is 0 Å². The minimum Gasteiger partial charge on any atom is -0.393 e. The molecule has 5 nitrogen and oxygen atoms in total. The Balaban J connectivity index is 1.58.